The highest BCUT2D eigenvalue weighted by Crippen LogP contribution is 2.38. The lowest BCUT2D eigenvalue weighted by atomic mass is 10.2. The van der Waals surface area contributed by atoms with E-state index in [1.807, 2.05) is 18.3 Å². The van der Waals surface area contributed by atoms with Gasteiger partial charge in [0.05, 0.1) is 29.8 Å². The highest BCUT2D eigenvalue weighted by atomic mass is 127. The molecule has 1 aromatic carbocycles. The molecule has 9 heteroatoms. The van der Waals surface area contributed by atoms with Gasteiger partial charge < -0.3 is 20.1 Å². The number of ether oxygens (including phenoxy) is 2. The summed E-state index contributed by atoms with van der Waals surface area (Å²) in [5.41, 5.74) is 0.985. The number of benzene rings is 1. The van der Waals surface area contributed by atoms with Crippen LogP contribution in [-0.4, -0.2) is 37.2 Å². The molecule has 160 valence electrons. The Morgan fingerprint density at radius 3 is 2.83 bits per heavy atom. The van der Waals surface area contributed by atoms with Crippen molar-refractivity contribution in [2.24, 2.45) is 4.99 Å². The van der Waals surface area contributed by atoms with E-state index in [-0.39, 0.29) is 24.0 Å². The van der Waals surface area contributed by atoms with E-state index >= 15 is 0 Å². The normalized spacial score (nSPS) is 13.4. The predicted octanol–water partition coefficient (Wildman–Crippen LogP) is 4.44. The number of aromatic nitrogens is 1. The molecule has 0 atom stereocenters. The standard InChI is InChI=1S/C20H27ClN4O2S.HI/c1-3-15-13-24-18(28-15)6-7-23-20(22-4-2)25-12-14-10-16(21)19-17(11-14)26-8-5-9-27-19;/h10-11,13H,3-9,12H2,1-2H3,(H2,22,23,25);1H. The fraction of sp³-hybridized carbons (Fsp3) is 0.500. The molecule has 29 heavy (non-hydrogen) atoms. The monoisotopic (exact) mass is 550 g/mol. The zero-order valence-corrected chi connectivity index (χ0v) is 20.7. The predicted molar refractivity (Wildman–Crippen MR) is 130 cm³/mol. The van der Waals surface area contributed by atoms with Crippen molar-refractivity contribution in [3.05, 3.63) is 38.8 Å². The summed E-state index contributed by atoms with van der Waals surface area (Å²) in [7, 11) is 0. The minimum Gasteiger partial charge on any atom is -0.489 e. The van der Waals surface area contributed by atoms with E-state index in [0.29, 0.717) is 36.3 Å². The van der Waals surface area contributed by atoms with Crippen molar-refractivity contribution in [1.82, 2.24) is 15.6 Å². The van der Waals surface area contributed by atoms with Crippen LogP contribution in [0.1, 0.15) is 35.7 Å². The Morgan fingerprint density at radius 1 is 1.24 bits per heavy atom. The maximum absolute atomic E-state index is 6.37. The molecular weight excluding hydrogens is 523 g/mol. The van der Waals surface area contributed by atoms with Crippen molar-refractivity contribution in [2.45, 2.75) is 39.7 Å². The largest absolute Gasteiger partial charge is 0.489 e. The maximum Gasteiger partial charge on any atom is 0.191 e. The Bertz CT molecular complexity index is 816. The summed E-state index contributed by atoms with van der Waals surface area (Å²) < 4.78 is 11.4. The number of fused-ring (bicyclic) bond motifs is 1. The quantitative estimate of drug-likeness (QED) is 0.303. The molecule has 0 fully saturated rings. The van der Waals surface area contributed by atoms with Gasteiger partial charge in [0.1, 0.15) is 0 Å². The van der Waals surface area contributed by atoms with Crippen LogP contribution in [0.3, 0.4) is 0 Å². The van der Waals surface area contributed by atoms with Crippen LogP contribution in [-0.2, 0) is 19.4 Å². The molecule has 0 aliphatic carbocycles. The lowest BCUT2D eigenvalue weighted by Crippen LogP contribution is -2.38. The lowest BCUT2D eigenvalue weighted by Gasteiger charge is -2.12. The van der Waals surface area contributed by atoms with Crippen LogP contribution in [0.25, 0.3) is 0 Å². The van der Waals surface area contributed by atoms with Gasteiger partial charge in [-0.3, -0.25) is 0 Å². The number of halogens is 2. The molecule has 0 unspecified atom stereocenters. The van der Waals surface area contributed by atoms with Crippen molar-refractivity contribution in [2.75, 3.05) is 26.3 Å². The molecule has 0 spiro atoms. The zero-order chi connectivity index (χ0) is 19.8. The molecule has 0 radical (unpaired) electrons. The number of aryl methyl sites for hydroxylation is 1. The topological polar surface area (TPSA) is 67.8 Å². The van der Waals surface area contributed by atoms with Gasteiger partial charge in [-0.2, -0.15) is 0 Å². The summed E-state index contributed by atoms with van der Waals surface area (Å²) in [5.74, 6) is 2.11. The van der Waals surface area contributed by atoms with Gasteiger partial charge in [0.2, 0.25) is 0 Å². The Kier molecular flexibility index (Phi) is 10.3. The third-order valence-corrected chi connectivity index (χ3v) is 5.69. The summed E-state index contributed by atoms with van der Waals surface area (Å²) in [6, 6.07) is 3.85. The van der Waals surface area contributed by atoms with Crippen LogP contribution in [0.15, 0.2) is 23.3 Å². The first-order valence-corrected chi connectivity index (χ1v) is 10.9. The summed E-state index contributed by atoms with van der Waals surface area (Å²) in [5, 5.41) is 8.36. The van der Waals surface area contributed by atoms with E-state index < -0.39 is 0 Å². The van der Waals surface area contributed by atoms with Crippen LogP contribution >= 0.6 is 46.9 Å². The van der Waals surface area contributed by atoms with E-state index in [1.165, 1.54) is 4.88 Å². The Morgan fingerprint density at radius 2 is 2.07 bits per heavy atom. The third kappa shape index (κ3) is 7.18. The van der Waals surface area contributed by atoms with Crippen LogP contribution in [0.5, 0.6) is 11.5 Å². The van der Waals surface area contributed by atoms with Gasteiger partial charge in [-0.05, 0) is 31.0 Å². The number of hydrogen-bond acceptors (Lipinski definition) is 5. The molecule has 2 N–H and O–H groups in total. The number of aliphatic imine (C=N–C) groups is 1. The van der Waals surface area contributed by atoms with Gasteiger partial charge >= 0.3 is 0 Å². The van der Waals surface area contributed by atoms with Gasteiger partial charge in [-0.15, -0.1) is 35.3 Å². The SMILES string of the molecule is CCNC(=NCc1cc(Cl)c2c(c1)OCCCO2)NCCc1ncc(CC)s1.I. The van der Waals surface area contributed by atoms with Crippen molar-refractivity contribution < 1.29 is 9.47 Å². The molecule has 0 amide bonds. The molecule has 6 nitrogen and oxygen atoms in total. The third-order valence-electron chi connectivity index (χ3n) is 4.21. The summed E-state index contributed by atoms with van der Waals surface area (Å²) in [6.07, 6.45) is 4.73. The number of nitrogens with one attached hydrogen (secondary N) is 2. The molecule has 0 saturated carbocycles. The van der Waals surface area contributed by atoms with Gasteiger partial charge in [-0.1, -0.05) is 18.5 Å². The summed E-state index contributed by atoms with van der Waals surface area (Å²) in [6.45, 7) is 7.54. The summed E-state index contributed by atoms with van der Waals surface area (Å²) in [4.78, 5) is 10.5. The van der Waals surface area contributed by atoms with Gasteiger partial charge in [0, 0.05) is 37.0 Å². The Hall–Kier alpha value is -1.26. The minimum absolute atomic E-state index is 0. The molecule has 1 aliphatic heterocycles. The minimum atomic E-state index is 0. The lowest BCUT2D eigenvalue weighted by molar-refractivity contribution is 0.297. The van der Waals surface area contributed by atoms with Crippen LogP contribution in [0, 0.1) is 0 Å². The van der Waals surface area contributed by atoms with Gasteiger partial charge in [0.15, 0.2) is 17.5 Å². The fourth-order valence-corrected chi connectivity index (χ4v) is 3.95. The van der Waals surface area contributed by atoms with Crippen LogP contribution < -0.4 is 20.1 Å². The van der Waals surface area contributed by atoms with Crippen molar-refractivity contribution in [3.8, 4) is 11.5 Å². The molecule has 3 rings (SSSR count). The van der Waals surface area contributed by atoms with Gasteiger partial charge in [-0.25, -0.2) is 9.98 Å². The smallest absolute Gasteiger partial charge is 0.191 e. The number of guanidine groups is 1. The first-order valence-electron chi connectivity index (χ1n) is 9.73. The molecule has 1 aromatic heterocycles. The average Bonchev–Trinajstić information content (AvgIpc) is 3.02. The second-order valence-corrected chi connectivity index (χ2v) is 8.01. The highest BCUT2D eigenvalue weighted by molar-refractivity contribution is 14.0. The van der Waals surface area contributed by atoms with Gasteiger partial charge in [0.25, 0.3) is 0 Å². The molecule has 1 aliphatic rings. The fourth-order valence-electron chi connectivity index (χ4n) is 2.80. The van der Waals surface area contributed by atoms with Crippen molar-refractivity contribution >= 4 is 52.9 Å². The maximum atomic E-state index is 6.37. The molecule has 0 saturated heterocycles. The Balaban J connectivity index is 0.00000300. The van der Waals surface area contributed by atoms with Crippen molar-refractivity contribution in [1.29, 1.82) is 0 Å². The van der Waals surface area contributed by atoms with Crippen LogP contribution in [0.2, 0.25) is 5.02 Å². The molecule has 2 aromatic rings. The zero-order valence-electron chi connectivity index (χ0n) is 16.8. The first-order chi connectivity index (χ1) is 13.7. The Labute approximate surface area is 198 Å². The molecule has 2 heterocycles. The second-order valence-electron chi connectivity index (χ2n) is 6.40. The molecular formula is C20H28ClIN4O2S. The van der Waals surface area contributed by atoms with E-state index in [9.17, 15) is 0 Å². The number of thiazole rings is 1. The van der Waals surface area contributed by atoms with E-state index in [2.05, 4.69) is 34.5 Å². The number of hydrogen-bond donors (Lipinski definition) is 2. The number of nitrogens with zero attached hydrogens (tertiary/aromatic N) is 2. The van der Waals surface area contributed by atoms with Crippen molar-refractivity contribution in [3.63, 3.8) is 0 Å². The summed E-state index contributed by atoms with van der Waals surface area (Å²) >= 11 is 8.14. The average molecular weight is 551 g/mol. The highest BCUT2D eigenvalue weighted by Gasteiger charge is 2.15. The van der Waals surface area contributed by atoms with E-state index in [0.717, 1.165) is 48.9 Å². The van der Waals surface area contributed by atoms with E-state index in [4.69, 9.17) is 21.1 Å². The molecule has 0 bridgehead atoms. The van der Waals surface area contributed by atoms with E-state index in [1.54, 1.807) is 11.3 Å². The van der Waals surface area contributed by atoms with Crippen LogP contribution in [0.4, 0.5) is 0 Å². The number of rotatable bonds is 7. The first kappa shape index (κ1) is 24.0. The second kappa shape index (κ2) is 12.4.